The lowest BCUT2D eigenvalue weighted by molar-refractivity contribution is -0.114. The molecule has 2 heterocycles. The molecule has 0 bridgehead atoms. The van der Waals surface area contributed by atoms with E-state index in [9.17, 15) is 4.79 Å². The number of carbonyl (C=O) groups excluding carboxylic acids is 1. The average molecular weight is 417 g/mol. The van der Waals surface area contributed by atoms with Gasteiger partial charge in [-0.3, -0.25) is 4.79 Å². The highest BCUT2D eigenvalue weighted by Crippen LogP contribution is 2.26. The van der Waals surface area contributed by atoms with E-state index in [4.69, 9.17) is 9.47 Å². The summed E-state index contributed by atoms with van der Waals surface area (Å²) in [5.41, 5.74) is 5.52. The van der Waals surface area contributed by atoms with E-state index in [0.717, 1.165) is 54.9 Å². The first-order valence-corrected chi connectivity index (χ1v) is 10.7. The summed E-state index contributed by atoms with van der Waals surface area (Å²) in [4.78, 5) is 19.6. The van der Waals surface area contributed by atoms with Crippen molar-refractivity contribution in [3.05, 3.63) is 88.9 Å². The summed E-state index contributed by atoms with van der Waals surface area (Å²) >= 11 is 0. The zero-order valence-corrected chi connectivity index (χ0v) is 18.1. The second-order valence-corrected chi connectivity index (χ2v) is 7.81. The highest BCUT2D eigenvalue weighted by atomic mass is 16.5. The second-order valence-electron chi connectivity index (χ2n) is 7.81. The van der Waals surface area contributed by atoms with Crippen LogP contribution >= 0.6 is 0 Å². The summed E-state index contributed by atoms with van der Waals surface area (Å²) < 4.78 is 10.5. The van der Waals surface area contributed by atoms with Crippen LogP contribution in [-0.2, 0) is 28.9 Å². The Morgan fingerprint density at radius 3 is 2.68 bits per heavy atom. The van der Waals surface area contributed by atoms with Crippen molar-refractivity contribution in [1.29, 1.82) is 0 Å². The molecule has 160 valence electrons. The maximum atomic E-state index is 12.9. The molecule has 0 radical (unpaired) electrons. The number of ether oxygens (including phenoxy) is 2. The van der Waals surface area contributed by atoms with Crippen LogP contribution in [0, 0.1) is 0 Å². The molecule has 0 unspecified atom stereocenters. The third kappa shape index (κ3) is 5.05. The minimum absolute atomic E-state index is 0.139. The molecule has 2 aromatic rings. The molecule has 0 atom stereocenters. The fraction of sp³-hybridized carbons (Fsp3) is 0.308. The van der Waals surface area contributed by atoms with Gasteiger partial charge in [-0.15, -0.1) is 0 Å². The molecule has 0 N–H and O–H groups in total. The predicted molar refractivity (Wildman–Crippen MR) is 122 cm³/mol. The van der Waals surface area contributed by atoms with Crippen molar-refractivity contribution in [3.8, 4) is 5.88 Å². The van der Waals surface area contributed by atoms with Crippen molar-refractivity contribution in [2.24, 2.45) is 0 Å². The Morgan fingerprint density at radius 2 is 1.90 bits per heavy atom. The van der Waals surface area contributed by atoms with E-state index in [1.165, 1.54) is 11.1 Å². The number of methoxy groups -OCH3 is 2. The van der Waals surface area contributed by atoms with Crippen LogP contribution in [0.5, 0.6) is 5.88 Å². The molecule has 0 amide bonds. The Balaban J connectivity index is 1.47. The van der Waals surface area contributed by atoms with Crippen molar-refractivity contribution >= 4 is 11.5 Å². The third-order valence-electron chi connectivity index (χ3n) is 5.80. The lowest BCUT2D eigenvalue weighted by atomic mass is 9.94. The lowest BCUT2D eigenvalue weighted by Crippen LogP contribution is -2.30. The van der Waals surface area contributed by atoms with Gasteiger partial charge in [0.1, 0.15) is 5.76 Å². The molecule has 1 aliphatic heterocycles. The van der Waals surface area contributed by atoms with E-state index >= 15 is 0 Å². The van der Waals surface area contributed by atoms with E-state index < -0.39 is 0 Å². The summed E-state index contributed by atoms with van der Waals surface area (Å²) in [6, 6.07) is 10.4. The minimum atomic E-state index is 0.139. The average Bonchev–Trinajstić information content (AvgIpc) is 2.79. The molecule has 0 saturated carbocycles. The largest absolute Gasteiger partial charge is 0.497 e. The number of fused-ring (bicyclic) bond motifs is 1. The summed E-state index contributed by atoms with van der Waals surface area (Å²) in [6.07, 6.45) is 12.8. The van der Waals surface area contributed by atoms with Gasteiger partial charge in [0, 0.05) is 31.1 Å². The molecule has 31 heavy (non-hydrogen) atoms. The Kier molecular flexibility index (Phi) is 6.51. The standard InChI is InChI=1S/C26H28N2O3/c1-30-24-6-4-3-5-21(9-11-24)25(29)16-19-7-8-20-13-14-28(18-22(20)15-19)23-10-12-26(31-2)27-17-23/h5-12,15,17H,3-4,13-14,16,18H2,1-2H3/b11-9-,21-5?,24-6+. The lowest BCUT2D eigenvalue weighted by Gasteiger charge is -2.31. The zero-order valence-electron chi connectivity index (χ0n) is 18.1. The number of benzene rings is 1. The quantitative estimate of drug-likeness (QED) is 0.690. The van der Waals surface area contributed by atoms with E-state index in [1.54, 1.807) is 14.2 Å². The Hall–Kier alpha value is -3.34. The molecule has 4 rings (SSSR count). The maximum absolute atomic E-state index is 12.9. The predicted octanol–water partition coefficient (Wildman–Crippen LogP) is 4.57. The van der Waals surface area contributed by atoms with Crippen LogP contribution in [-0.4, -0.2) is 31.5 Å². The fourth-order valence-electron chi connectivity index (χ4n) is 4.04. The molecule has 1 aliphatic carbocycles. The molecule has 0 saturated heterocycles. The van der Waals surface area contributed by atoms with Gasteiger partial charge in [-0.05, 0) is 60.2 Å². The summed E-state index contributed by atoms with van der Waals surface area (Å²) in [6.45, 7) is 1.77. The van der Waals surface area contributed by atoms with Gasteiger partial charge in [-0.1, -0.05) is 24.3 Å². The smallest absolute Gasteiger partial charge is 0.213 e. The maximum Gasteiger partial charge on any atom is 0.213 e. The van der Waals surface area contributed by atoms with Gasteiger partial charge < -0.3 is 14.4 Å². The van der Waals surface area contributed by atoms with Gasteiger partial charge in [0.2, 0.25) is 5.88 Å². The Morgan fingerprint density at radius 1 is 1.03 bits per heavy atom. The number of nitrogens with zero attached hydrogens (tertiary/aromatic N) is 2. The number of pyridine rings is 1. The number of allylic oxidation sites excluding steroid dienone is 5. The first-order chi connectivity index (χ1) is 15.2. The number of carbonyl (C=O) groups is 1. The normalized spacial score (nSPS) is 18.6. The van der Waals surface area contributed by atoms with Crippen LogP contribution in [0.3, 0.4) is 0 Å². The molecule has 2 aliphatic rings. The topological polar surface area (TPSA) is 51.7 Å². The number of Topliss-reactive ketones (excluding diaryl/α,β-unsaturated/α-hetero) is 1. The van der Waals surface area contributed by atoms with Crippen molar-refractivity contribution in [2.75, 3.05) is 25.7 Å². The van der Waals surface area contributed by atoms with Crippen LogP contribution < -0.4 is 9.64 Å². The monoisotopic (exact) mass is 416 g/mol. The van der Waals surface area contributed by atoms with Crippen molar-refractivity contribution in [2.45, 2.75) is 32.2 Å². The van der Waals surface area contributed by atoms with E-state index in [1.807, 2.05) is 42.6 Å². The van der Waals surface area contributed by atoms with Crippen molar-refractivity contribution in [1.82, 2.24) is 4.98 Å². The Labute approximate surface area is 183 Å². The molecule has 0 fully saturated rings. The Bertz CT molecular complexity index is 1040. The van der Waals surface area contributed by atoms with Gasteiger partial charge in [0.15, 0.2) is 5.78 Å². The first kappa shape index (κ1) is 20.9. The van der Waals surface area contributed by atoms with Crippen molar-refractivity contribution in [3.63, 3.8) is 0 Å². The van der Waals surface area contributed by atoms with Crippen LogP contribution in [0.1, 0.15) is 29.5 Å². The SMILES string of the molecule is COC1=C/CCC=C(C(=O)Cc2ccc3c(c2)CN(c2ccc(OC)nc2)CC3)/C=C\1. The van der Waals surface area contributed by atoms with Gasteiger partial charge in [0.25, 0.3) is 0 Å². The van der Waals surface area contributed by atoms with Crippen LogP contribution in [0.15, 0.2) is 72.2 Å². The zero-order chi connectivity index (χ0) is 21.6. The first-order valence-electron chi connectivity index (χ1n) is 10.7. The van der Waals surface area contributed by atoms with E-state index in [2.05, 4.69) is 28.1 Å². The minimum Gasteiger partial charge on any atom is -0.497 e. The molecule has 0 spiro atoms. The number of rotatable bonds is 6. The molecule has 5 nitrogen and oxygen atoms in total. The van der Waals surface area contributed by atoms with E-state index in [0.29, 0.717) is 12.3 Å². The summed E-state index contributed by atoms with van der Waals surface area (Å²) in [7, 11) is 3.28. The number of anilines is 1. The van der Waals surface area contributed by atoms with Crippen LogP contribution in [0.4, 0.5) is 5.69 Å². The number of hydrogen-bond donors (Lipinski definition) is 0. The molecular weight excluding hydrogens is 388 g/mol. The van der Waals surface area contributed by atoms with Crippen LogP contribution in [0.2, 0.25) is 0 Å². The van der Waals surface area contributed by atoms with Gasteiger partial charge in [-0.25, -0.2) is 4.98 Å². The third-order valence-corrected chi connectivity index (χ3v) is 5.80. The fourth-order valence-corrected chi connectivity index (χ4v) is 4.04. The van der Waals surface area contributed by atoms with Crippen LogP contribution in [0.25, 0.3) is 0 Å². The van der Waals surface area contributed by atoms with Gasteiger partial charge >= 0.3 is 0 Å². The highest BCUT2D eigenvalue weighted by Gasteiger charge is 2.18. The van der Waals surface area contributed by atoms with Gasteiger partial charge in [0.05, 0.1) is 26.1 Å². The van der Waals surface area contributed by atoms with Crippen molar-refractivity contribution < 1.29 is 14.3 Å². The molecule has 1 aromatic heterocycles. The molecule has 5 heteroatoms. The molecular formula is C26H28N2O3. The highest BCUT2D eigenvalue weighted by molar-refractivity contribution is 5.99. The summed E-state index contributed by atoms with van der Waals surface area (Å²) in [5, 5.41) is 0. The number of hydrogen-bond acceptors (Lipinski definition) is 5. The molecule has 1 aromatic carbocycles. The summed E-state index contributed by atoms with van der Waals surface area (Å²) in [5.74, 6) is 1.56. The second kappa shape index (κ2) is 9.65. The van der Waals surface area contributed by atoms with Gasteiger partial charge in [-0.2, -0.15) is 0 Å². The number of aromatic nitrogens is 1. The number of ketones is 1. The van der Waals surface area contributed by atoms with E-state index in [-0.39, 0.29) is 5.78 Å².